The summed E-state index contributed by atoms with van der Waals surface area (Å²) in [5.41, 5.74) is 1.65. The Morgan fingerprint density at radius 1 is 1.36 bits per heavy atom. The molecule has 134 valence electrons. The van der Waals surface area contributed by atoms with Crippen LogP contribution in [0.4, 0.5) is 0 Å². The largest absolute Gasteiger partial charge is 0.376 e. The van der Waals surface area contributed by atoms with Gasteiger partial charge in [-0.3, -0.25) is 9.78 Å². The molecule has 0 aliphatic carbocycles. The Labute approximate surface area is 146 Å². The standard InChI is InChI=1S/C18H23N3O4/c1-21(18(22)13-23-12-15-4-2-3-9-24-15)11-16-10-17(20-25-16)14-5-7-19-8-6-14/h5-8,10,15H,2-4,9,11-13H2,1H3. The lowest BCUT2D eigenvalue weighted by atomic mass is 10.1. The molecule has 1 fully saturated rings. The average Bonchev–Trinajstić information content (AvgIpc) is 3.12. The molecule has 1 amide bonds. The minimum Gasteiger partial charge on any atom is -0.376 e. The number of rotatable bonds is 7. The Hall–Kier alpha value is -2.25. The van der Waals surface area contributed by atoms with Gasteiger partial charge in [-0.25, -0.2) is 0 Å². The van der Waals surface area contributed by atoms with Crippen LogP contribution >= 0.6 is 0 Å². The highest BCUT2D eigenvalue weighted by Gasteiger charge is 2.17. The molecule has 1 unspecified atom stereocenters. The van der Waals surface area contributed by atoms with Gasteiger partial charge < -0.3 is 18.9 Å². The molecule has 7 heteroatoms. The molecular weight excluding hydrogens is 322 g/mol. The molecule has 0 N–H and O–H groups in total. The van der Waals surface area contributed by atoms with Crippen molar-refractivity contribution in [3.8, 4) is 11.3 Å². The highest BCUT2D eigenvalue weighted by Crippen LogP contribution is 2.18. The van der Waals surface area contributed by atoms with E-state index in [0.29, 0.717) is 18.9 Å². The molecule has 1 atom stereocenters. The van der Waals surface area contributed by atoms with E-state index in [9.17, 15) is 4.79 Å². The van der Waals surface area contributed by atoms with E-state index < -0.39 is 0 Å². The molecular formula is C18H23N3O4. The van der Waals surface area contributed by atoms with Crippen LogP contribution in [-0.2, 0) is 20.8 Å². The maximum atomic E-state index is 12.2. The van der Waals surface area contributed by atoms with Crippen molar-refractivity contribution in [3.05, 3.63) is 36.4 Å². The van der Waals surface area contributed by atoms with Gasteiger partial charge in [0.25, 0.3) is 0 Å². The number of amides is 1. The summed E-state index contributed by atoms with van der Waals surface area (Å²) in [6, 6.07) is 5.55. The zero-order valence-corrected chi connectivity index (χ0v) is 14.4. The summed E-state index contributed by atoms with van der Waals surface area (Å²) < 4.78 is 16.4. The van der Waals surface area contributed by atoms with Gasteiger partial charge in [0.15, 0.2) is 5.76 Å². The molecule has 1 aliphatic rings. The van der Waals surface area contributed by atoms with Crippen molar-refractivity contribution >= 4 is 5.91 Å². The van der Waals surface area contributed by atoms with Crippen LogP contribution in [0, 0.1) is 0 Å². The third-order valence-electron chi connectivity index (χ3n) is 4.16. The number of carbonyl (C=O) groups is 1. The lowest BCUT2D eigenvalue weighted by Crippen LogP contribution is -2.32. The van der Waals surface area contributed by atoms with Gasteiger partial charge in [0.1, 0.15) is 12.3 Å². The lowest BCUT2D eigenvalue weighted by Gasteiger charge is -2.22. The predicted molar refractivity (Wildman–Crippen MR) is 90.6 cm³/mol. The van der Waals surface area contributed by atoms with Crippen LogP contribution in [0.3, 0.4) is 0 Å². The summed E-state index contributed by atoms with van der Waals surface area (Å²) in [6.45, 7) is 1.64. The molecule has 2 aromatic rings. The number of nitrogens with zero attached hydrogens (tertiary/aromatic N) is 3. The quantitative estimate of drug-likeness (QED) is 0.766. The number of likely N-dealkylation sites (N-methyl/N-ethyl adjacent to an activating group) is 1. The molecule has 2 aromatic heterocycles. The maximum absolute atomic E-state index is 12.2. The van der Waals surface area contributed by atoms with E-state index in [4.69, 9.17) is 14.0 Å². The van der Waals surface area contributed by atoms with Crippen LogP contribution < -0.4 is 0 Å². The third kappa shape index (κ3) is 5.11. The van der Waals surface area contributed by atoms with E-state index in [2.05, 4.69) is 10.1 Å². The second-order valence-electron chi connectivity index (χ2n) is 6.17. The van der Waals surface area contributed by atoms with E-state index in [1.54, 1.807) is 24.3 Å². The SMILES string of the molecule is CN(Cc1cc(-c2ccncc2)no1)C(=O)COCC1CCCCO1. The Morgan fingerprint density at radius 2 is 2.20 bits per heavy atom. The van der Waals surface area contributed by atoms with Crippen LogP contribution in [0.25, 0.3) is 11.3 Å². The molecule has 0 aromatic carbocycles. The summed E-state index contributed by atoms with van der Waals surface area (Å²) in [6.07, 6.45) is 6.78. The van der Waals surface area contributed by atoms with Gasteiger partial charge in [-0.05, 0) is 31.4 Å². The van der Waals surface area contributed by atoms with Gasteiger partial charge in [0, 0.05) is 37.7 Å². The number of ether oxygens (including phenoxy) is 2. The van der Waals surface area contributed by atoms with Crippen molar-refractivity contribution in [2.45, 2.75) is 31.9 Å². The van der Waals surface area contributed by atoms with Crippen molar-refractivity contribution in [1.29, 1.82) is 0 Å². The molecule has 7 nitrogen and oxygen atoms in total. The van der Waals surface area contributed by atoms with Crippen molar-refractivity contribution in [1.82, 2.24) is 15.0 Å². The van der Waals surface area contributed by atoms with Crippen LogP contribution in [0.15, 0.2) is 35.1 Å². The number of aromatic nitrogens is 2. The molecule has 3 heterocycles. The minimum absolute atomic E-state index is 0.0434. The Bertz CT molecular complexity index is 668. The Morgan fingerprint density at radius 3 is 2.96 bits per heavy atom. The monoisotopic (exact) mass is 345 g/mol. The summed E-state index contributed by atoms with van der Waals surface area (Å²) in [5, 5.41) is 4.03. The van der Waals surface area contributed by atoms with Gasteiger partial charge >= 0.3 is 0 Å². The average molecular weight is 345 g/mol. The fourth-order valence-corrected chi connectivity index (χ4v) is 2.69. The summed E-state index contributed by atoms with van der Waals surface area (Å²) in [7, 11) is 1.72. The zero-order valence-electron chi connectivity index (χ0n) is 14.4. The van der Waals surface area contributed by atoms with Crippen LogP contribution in [0.1, 0.15) is 25.0 Å². The minimum atomic E-state index is -0.0994. The van der Waals surface area contributed by atoms with E-state index in [1.165, 1.54) is 0 Å². The van der Waals surface area contributed by atoms with Gasteiger partial charge in [-0.1, -0.05) is 5.16 Å². The van der Waals surface area contributed by atoms with Crippen molar-refractivity contribution < 1.29 is 18.8 Å². The van der Waals surface area contributed by atoms with Gasteiger partial charge in [0.2, 0.25) is 5.91 Å². The lowest BCUT2D eigenvalue weighted by molar-refractivity contribution is -0.137. The van der Waals surface area contributed by atoms with Gasteiger partial charge in [-0.15, -0.1) is 0 Å². The molecule has 0 saturated carbocycles. The van der Waals surface area contributed by atoms with Crippen molar-refractivity contribution in [3.63, 3.8) is 0 Å². The first-order valence-electron chi connectivity index (χ1n) is 8.51. The van der Waals surface area contributed by atoms with Crippen LogP contribution in [-0.4, -0.2) is 53.9 Å². The molecule has 1 aliphatic heterocycles. The first-order valence-corrected chi connectivity index (χ1v) is 8.51. The molecule has 1 saturated heterocycles. The van der Waals surface area contributed by atoms with E-state index in [-0.39, 0.29) is 18.6 Å². The van der Waals surface area contributed by atoms with Gasteiger partial charge in [0.05, 0.1) is 19.3 Å². The molecule has 3 rings (SSSR count). The van der Waals surface area contributed by atoms with Crippen LogP contribution in [0.2, 0.25) is 0 Å². The molecule has 25 heavy (non-hydrogen) atoms. The Kier molecular flexibility index (Phi) is 6.14. The molecule has 0 bridgehead atoms. The molecule has 0 radical (unpaired) electrons. The predicted octanol–water partition coefficient (Wildman–Crippen LogP) is 2.28. The fraction of sp³-hybridized carbons (Fsp3) is 0.500. The normalized spacial score (nSPS) is 17.4. The third-order valence-corrected chi connectivity index (χ3v) is 4.16. The van der Waals surface area contributed by atoms with Crippen molar-refractivity contribution in [2.75, 3.05) is 26.9 Å². The van der Waals surface area contributed by atoms with E-state index >= 15 is 0 Å². The topological polar surface area (TPSA) is 77.7 Å². The second kappa shape index (κ2) is 8.73. The maximum Gasteiger partial charge on any atom is 0.248 e. The van der Waals surface area contributed by atoms with E-state index in [1.807, 2.05) is 18.2 Å². The Balaban J connectivity index is 1.44. The zero-order chi connectivity index (χ0) is 17.5. The second-order valence-corrected chi connectivity index (χ2v) is 6.17. The van der Waals surface area contributed by atoms with E-state index in [0.717, 1.165) is 37.1 Å². The summed E-state index contributed by atoms with van der Waals surface area (Å²) in [4.78, 5) is 17.7. The van der Waals surface area contributed by atoms with Crippen LogP contribution in [0.5, 0.6) is 0 Å². The molecule has 0 spiro atoms. The summed E-state index contributed by atoms with van der Waals surface area (Å²) >= 11 is 0. The smallest absolute Gasteiger partial charge is 0.248 e. The number of carbonyl (C=O) groups excluding carboxylic acids is 1. The summed E-state index contributed by atoms with van der Waals surface area (Å²) in [5.74, 6) is 0.524. The fourth-order valence-electron chi connectivity index (χ4n) is 2.69. The first kappa shape index (κ1) is 17.6. The number of hydrogen-bond acceptors (Lipinski definition) is 6. The van der Waals surface area contributed by atoms with Crippen molar-refractivity contribution in [2.24, 2.45) is 0 Å². The highest BCUT2D eigenvalue weighted by atomic mass is 16.5. The highest BCUT2D eigenvalue weighted by molar-refractivity contribution is 5.77. The van der Waals surface area contributed by atoms with Gasteiger partial charge in [-0.2, -0.15) is 0 Å². The number of pyridine rings is 1. The number of hydrogen-bond donors (Lipinski definition) is 0. The first-order chi connectivity index (χ1) is 12.2.